The third-order valence-electron chi connectivity index (χ3n) is 3.67. The first-order valence-corrected chi connectivity index (χ1v) is 7.09. The van der Waals surface area contributed by atoms with Crippen LogP contribution in [-0.4, -0.2) is 34.5 Å². The van der Waals surface area contributed by atoms with Crippen LogP contribution in [0.25, 0.3) is 0 Å². The summed E-state index contributed by atoms with van der Waals surface area (Å²) in [6, 6.07) is 3.54. The quantitative estimate of drug-likeness (QED) is 0.819. The lowest BCUT2D eigenvalue weighted by atomic mass is 10.1. The largest absolute Gasteiger partial charge is 0.480 e. The average Bonchev–Trinajstić information content (AvgIpc) is 2.81. The summed E-state index contributed by atoms with van der Waals surface area (Å²) >= 11 is 0. The van der Waals surface area contributed by atoms with Crippen molar-refractivity contribution in [3.63, 3.8) is 0 Å². The second kappa shape index (κ2) is 7.11. The third kappa shape index (κ3) is 4.48. The van der Waals surface area contributed by atoms with Crippen molar-refractivity contribution < 1.29 is 14.7 Å². The number of amides is 1. The second-order valence-corrected chi connectivity index (χ2v) is 5.52. The molecule has 1 unspecified atom stereocenters. The Bertz CT molecular complexity index is 517. The van der Waals surface area contributed by atoms with Gasteiger partial charge in [-0.15, -0.1) is 0 Å². The number of likely N-dealkylation sites (tertiary alicyclic amines) is 1. The third-order valence-corrected chi connectivity index (χ3v) is 3.67. The minimum atomic E-state index is -0.930. The number of hydrogen-bond donors (Lipinski definition) is 2. The normalized spacial score (nSPS) is 15.4. The van der Waals surface area contributed by atoms with Crippen molar-refractivity contribution in [2.45, 2.75) is 46.6 Å². The van der Waals surface area contributed by atoms with Gasteiger partial charge in [0.15, 0.2) is 0 Å². The summed E-state index contributed by atoms with van der Waals surface area (Å²) in [5, 5.41) is 8.57. The van der Waals surface area contributed by atoms with Gasteiger partial charge in [0.1, 0.15) is 6.04 Å². The van der Waals surface area contributed by atoms with E-state index in [-0.39, 0.29) is 5.91 Å². The first kappa shape index (κ1) is 17.0. The summed E-state index contributed by atoms with van der Waals surface area (Å²) in [6.07, 6.45) is 1.29. The molecule has 1 atom stereocenters. The van der Waals surface area contributed by atoms with E-state index in [2.05, 4.69) is 19.1 Å². The minimum Gasteiger partial charge on any atom is -0.480 e. The Morgan fingerprint density at radius 1 is 1.29 bits per heavy atom. The molecule has 1 aliphatic heterocycles. The zero-order valence-electron chi connectivity index (χ0n) is 13.1. The van der Waals surface area contributed by atoms with Crippen LogP contribution < -0.4 is 5.73 Å². The van der Waals surface area contributed by atoms with Crippen molar-refractivity contribution in [2.24, 2.45) is 0 Å². The molecular formula is C16H24N2O3. The summed E-state index contributed by atoms with van der Waals surface area (Å²) < 4.78 is 0. The fraction of sp³-hybridized carbons (Fsp3) is 0.500. The fourth-order valence-corrected chi connectivity index (χ4v) is 2.40. The zero-order chi connectivity index (χ0) is 16.2. The molecule has 1 saturated heterocycles. The predicted octanol–water partition coefficient (Wildman–Crippen LogP) is 2.28. The van der Waals surface area contributed by atoms with E-state index in [0.29, 0.717) is 13.0 Å². The van der Waals surface area contributed by atoms with Gasteiger partial charge in [-0.05, 0) is 45.2 Å². The number of nitrogens with zero attached hydrogens (tertiary/aromatic N) is 1. The smallest absolute Gasteiger partial charge is 0.326 e. The molecule has 0 radical (unpaired) electrons. The second-order valence-electron chi connectivity index (χ2n) is 5.52. The van der Waals surface area contributed by atoms with Crippen molar-refractivity contribution >= 4 is 17.6 Å². The molecule has 1 amide bonds. The summed E-state index contributed by atoms with van der Waals surface area (Å²) in [7, 11) is 0. The number of carbonyl (C=O) groups is 2. The van der Waals surface area contributed by atoms with Crippen LogP contribution in [0.2, 0.25) is 0 Å². The zero-order valence-corrected chi connectivity index (χ0v) is 13.1. The Kier molecular flexibility index (Phi) is 5.76. The minimum absolute atomic E-state index is 0.0418. The highest BCUT2D eigenvalue weighted by atomic mass is 16.4. The van der Waals surface area contributed by atoms with Crippen LogP contribution in [0.15, 0.2) is 12.1 Å². The van der Waals surface area contributed by atoms with Crippen molar-refractivity contribution in [2.75, 3.05) is 12.3 Å². The molecule has 1 heterocycles. The highest BCUT2D eigenvalue weighted by molar-refractivity contribution is 5.84. The fourth-order valence-electron chi connectivity index (χ4n) is 2.40. The lowest BCUT2D eigenvalue weighted by Crippen LogP contribution is -2.39. The molecule has 3 N–H and O–H groups in total. The van der Waals surface area contributed by atoms with Crippen molar-refractivity contribution in [3.05, 3.63) is 28.8 Å². The lowest BCUT2D eigenvalue weighted by molar-refractivity contribution is -0.147. The maximum atomic E-state index is 11.0. The van der Waals surface area contributed by atoms with Gasteiger partial charge in [0.05, 0.1) is 0 Å². The first-order valence-electron chi connectivity index (χ1n) is 7.09. The number of carboxylic acids is 1. The Balaban J connectivity index is 0.000000211. The van der Waals surface area contributed by atoms with Gasteiger partial charge in [-0.1, -0.05) is 17.7 Å². The van der Waals surface area contributed by atoms with Gasteiger partial charge in [0.2, 0.25) is 5.91 Å². The predicted molar refractivity (Wildman–Crippen MR) is 83.1 cm³/mol. The molecule has 0 aromatic heterocycles. The van der Waals surface area contributed by atoms with Crippen LogP contribution in [-0.2, 0) is 9.59 Å². The van der Waals surface area contributed by atoms with E-state index < -0.39 is 12.0 Å². The SMILES string of the molecule is CC(C(=O)O)N1CCCC1=O.Cc1cc(C)c(N)c(C)c1. The summed E-state index contributed by atoms with van der Waals surface area (Å²) in [5.74, 6) is -0.972. The van der Waals surface area contributed by atoms with Gasteiger partial charge in [0, 0.05) is 18.7 Å². The Labute approximate surface area is 125 Å². The molecule has 0 saturated carbocycles. The molecule has 1 aliphatic rings. The van der Waals surface area contributed by atoms with Gasteiger partial charge in [-0.2, -0.15) is 0 Å². The van der Waals surface area contributed by atoms with Crippen molar-refractivity contribution in [1.82, 2.24) is 4.90 Å². The van der Waals surface area contributed by atoms with Crippen molar-refractivity contribution in [3.8, 4) is 0 Å². The highest BCUT2D eigenvalue weighted by Crippen LogP contribution is 2.17. The van der Waals surface area contributed by atoms with E-state index in [4.69, 9.17) is 10.8 Å². The standard InChI is InChI=1S/C9H13N.C7H11NO3/c1-6-4-7(2)9(10)8(3)5-6;1-5(7(10)11)8-4-2-3-6(8)9/h4-5H,10H2,1-3H3;5H,2-4H2,1H3,(H,10,11). The van der Waals surface area contributed by atoms with Crippen LogP contribution in [0.3, 0.4) is 0 Å². The first-order chi connectivity index (χ1) is 9.73. The maximum Gasteiger partial charge on any atom is 0.326 e. The van der Waals surface area contributed by atoms with Crippen LogP contribution in [0.1, 0.15) is 36.5 Å². The van der Waals surface area contributed by atoms with Crippen LogP contribution in [0, 0.1) is 20.8 Å². The molecule has 1 fully saturated rings. The number of hydrogen-bond acceptors (Lipinski definition) is 3. The molecule has 0 bridgehead atoms. The monoisotopic (exact) mass is 292 g/mol. The number of carboxylic acid groups (broad SMARTS) is 1. The number of benzene rings is 1. The topological polar surface area (TPSA) is 83.6 Å². The summed E-state index contributed by atoms with van der Waals surface area (Å²) in [5.41, 5.74) is 10.3. The Morgan fingerprint density at radius 2 is 1.81 bits per heavy atom. The number of nitrogen functional groups attached to an aromatic ring is 1. The molecular weight excluding hydrogens is 268 g/mol. The van der Waals surface area contributed by atoms with E-state index in [1.165, 1.54) is 28.5 Å². The molecule has 1 aromatic rings. The van der Waals surface area contributed by atoms with E-state index in [0.717, 1.165) is 12.1 Å². The Morgan fingerprint density at radius 3 is 2.19 bits per heavy atom. The van der Waals surface area contributed by atoms with Crippen LogP contribution >= 0.6 is 0 Å². The molecule has 2 rings (SSSR count). The maximum absolute atomic E-state index is 11.0. The van der Waals surface area contributed by atoms with Crippen LogP contribution in [0.5, 0.6) is 0 Å². The molecule has 21 heavy (non-hydrogen) atoms. The molecule has 0 aliphatic carbocycles. The molecule has 5 nitrogen and oxygen atoms in total. The van der Waals surface area contributed by atoms with E-state index >= 15 is 0 Å². The number of aryl methyl sites for hydroxylation is 3. The van der Waals surface area contributed by atoms with Gasteiger partial charge in [-0.25, -0.2) is 4.79 Å². The van der Waals surface area contributed by atoms with E-state index in [1.807, 2.05) is 13.8 Å². The van der Waals surface area contributed by atoms with E-state index in [9.17, 15) is 9.59 Å². The van der Waals surface area contributed by atoms with E-state index in [1.54, 1.807) is 0 Å². The summed E-state index contributed by atoms with van der Waals surface area (Å²) in [6.45, 7) is 8.28. The summed E-state index contributed by atoms with van der Waals surface area (Å²) in [4.78, 5) is 22.8. The van der Waals surface area contributed by atoms with Gasteiger partial charge >= 0.3 is 5.97 Å². The number of anilines is 1. The molecule has 116 valence electrons. The Hall–Kier alpha value is -2.04. The number of carbonyl (C=O) groups excluding carboxylic acids is 1. The lowest BCUT2D eigenvalue weighted by Gasteiger charge is -2.19. The molecule has 5 heteroatoms. The van der Waals surface area contributed by atoms with Gasteiger partial charge in [-0.3, -0.25) is 4.79 Å². The average molecular weight is 292 g/mol. The van der Waals surface area contributed by atoms with Gasteiger partial charge < -0.3 is 15.7 Å². The molecule has 1 aromatic carbocycles. The van der Waals surface area contributed by atoms with Gasteiger partial charge in [0.25, 0.3) is 0 Å². The number of aliphatic carboxylic acids is 1. The molecule has 0 spiro atoms. The van der Waals surface area contributed by atoms with Crippen LogP contribution in [0.4, 0.5) is 5.69 Å². The van der Waals surface area contributed by atoms with Crippen molar-refractivity contribution in [1.29, 1.82) is 0 Å². The highest BCUT2D eigenvalue weighted by Gasteiger charge is 2.28. The number of rotatable bonds is 2. The number of nitrogens with two attached hydrogens (primary N) is 1.